The van der Waals surface area contributed by atoms with E-state index in [2.05, 4.69) is 0 Å². The van der Waals surface area contributed by atoms with Crippen molar-refractivity contribution in [3.05, 3.63) is 40.4 Å². The standard InChI is InChI=1S/C14H19NO4/c1-12(15(17)18)8-4-2-7-11-14(16)19-13-9-5-3-6-10-13/h3,5-6,9-10,12H,2,4,7-8,11H2,1H3. The third kappa shape index (κ3) is 6.55. The van der Waals surface area contributed by atoms with Crippen molar-refractivity contribution in [1.29, 1.82) is 0 Å². The van der Waals surface area contributed by atoms with E-state index in [-0.39, 0.29) is 10.9 Å². The summed E-state index contributed by atoms with van der Waals surface area (Å²) in [6, 6.07) is 8.43. The fourth-order valence-electron chi connectivity index (χ4n) is 1.66. The molecule has 5 heteroatoms. The summed E-state index contributed by atoms with van der Waals surface area (Å²) >= 11 is 0. The van der Waals surface area contributed by atoms with Crippen LogP contribution in [0.1, 0.15) is 39.0 Å². The molecule has 5 nitrogen and oxygen atoms in total. The largest absolute Gasteiger partial charge is 0.427 e. The van der Waals surface area contributed by atoms with Gasteiger partial charge in [-0.3, -0.25) is 14.9 Å². The summed E-state index contributed by atoms with van der Waals surface area (Å²) in [4.78, 5) is 21.6. The summed E-state index contributed by atoms with van der Waals surface area (Å²) in [5, 5.41) is 10.4. The molecule has 1 rings (SSSR count). The molecule has 0 fully saturated rings. The number of benzene rings is 1. The first kappa shape index (κ1) is 15.1. The van der Waals surface area contributed by atoms with Crippen molar-refractivity contribution in [2.45, 2.75) is 45.1 Å². The van der Waals surface area contributed by atoms with Crippen molar-refractivity contribution in [2.24, 2.45) is 0 Å². The molecule has 19 heavy (non-hydrogen) atoms. The molecule has 0 aliphatic carbocycles. The van der Waals surface area contributed by atoms with Gasteiger partial charge in [-0.2, -0.15) is 0 Å². The van der Waals surface area contributed by atoms with E-state index in [1.807, 2.05) is 18.2 Å². The van der Waals surface area contributed by atoms with Crippen molar-refractivity contribution in [3.8, 4) is 5.75 Å². The van der Waals surface area contributed by atoms with Crippen LogP contribution in [0.25, 0.3) is 0 Å². The van der Waals surface area contributed by atoms with Crippen LogP contribution < -0.4 is 4.74 Å². The third-order valence-electron chi connectivity index (χ3n) is 2.84. The highest BCUT2D eigenvalue weighted by Crippen LogP contribution is 2.12. The molecular weight excluding hydrogens is 246 g/mol. The van der Waals surface area contributed by atoms with Crippen molar-refractivity contribution in [3.63, 3.8) is 0 Å². The number of carbonyl (C=O) groups is 1. The van der Waals surface area contributed by atoms with E-state index in [0.29, 0.717) is 25.0 Å². The van der Waals surface area contributed by atoms with Gasteiger partial charge in [-0.1, -0.05) is 24.6 Å². The van der Waals surface area contributed by atoms with Crippen molar-refractivity contribution in [1.82, 2.24) is 0 Å². The van der Waals surface area contributed by atoms with E-state index < -0.39 is 6.04 Å². The molecule has 0 aromatic heterocycles. The smallest absolute Gasteiger partial charge is 0.311 e. The Labute approximate surface area is 112 Å². The molecule has 1 aromatic rings. The number of unbranched alkanes of at least 4 members (excludes halogenated alkanes) is 2. The van der Waals surface area contributed by atoms with Crippen LogP contribution in [0, 0.1) is 10.1 Å². The first-order chi connectivity index (χ1) is 9.09. The van der Waals surface area contributed by atoms with E-state index in [1.165, 1.54) is 0 Å². The van der Waals surface area contributed by atoms with Gasteiger partial charge in [0.05, 0.1) is 0 Å². The molecule has 0 spiro atoms. The number of ether oxygens (including phenoxy) is 1. The number of nitro groups is 1. The van der Waals surface area contributed by atoms with Crippen LogP contribution in [0.5, 0.6) is 5.75 Å². The SMILES string of the molecule is CC(CCCCCC(=O)Oc1ccccc1)[N+](=O)[O-]. The highest BCUT2D eigenvalue weighted by Gasteiger charge is 2.11. The Hall–Kier alpha value is -1.91. The zero-order valence-electron chi connectivity index (χ0n) is 11.1. The van der Waals surface area contributed by atoms with Crippen LogP contribution in [0.15, 0.2) is 30.3 Å². The van der Waals surface area contributed by atoms with Gasteiger partial charge in [0.25, 0.3) is 0 Å². The summed E-state index contributed by atoms with van der Waals surface area (Å²) in [5.74, 6) is 0.294. The fraction of sp³-hybridized carbons (Fsp3) is 0.500. The van der Waals surface area contributed by atoms with Gasteiger partial charge in [0, 0.05) is 24.7 Å². The third-order valence-corrected chi connectivity index (χ3v) is 2.84. The summed E-state index contributed by atoms with van der Waals surface area (Å²) in [5.41, 5.74) is 0. The highest BCUT2D eigenvalue weighted by molar-refractivity contribution is 5.72. The molecule has 0 heterocycles. The monoisotopic (exact) mass is 265 g/mol. The molecule has 0 bridgehead atoms. The summed E-state index contributed by atoms with van der Waals surface area (Å²) in [6.07, 6.45) is 3.18. The molecular formula is C14H19NO4. The van der Waals surface area contributed by atoms with E-state index in [9.17, 15) is 14.9 Å². The zero-order chi connectivity index (χ0) is 14.1. The predicted octanol–water partition coefficient (Wildman–Crippen LogP) is 3.21. The molecule has 0 aliphatic rings. The maximum absolute atomic E-state index is 11.5. The van der Waals surface area contributed by atoms with Gasteiger partial charge in [-0.15, -0.1) is 0 Å². The Morgan fingerprint density at radius 2 is 1.95 bits per heavy atom. The lowest BCUT2D eigenvalue weighted by molar-refractivity contribution is -0.519. The van der Waals surface area contributed by atoms with E-state index in [4.69, 9.17) is 4.74 Å². The molecule has 1 unspecified atom stereocenters. The Morgan fingerprint density at radius 3 is 2.58 bits per heavy atom. The van der Waals surface area contributed by atoms with Gasteiger partial charge in [0.1, 0.15) is 5.75 Å². The zero-order valence-corrected chi connectivity index (χ0v) is 11.1. The Kier molecular flexibility index (Phi) is 6.57. The van der Waals surface area contributed by atoms with Crippen molar-refractivity contribution >= 4 is 5.97 Å². The topological polar surface area (TPSA) is 69.4 Å². The number of para-hydroxylation sites is 1. The number of esters is 1. The molecule has 0 saturated heterocycles. The van der Waals surface area contributed by atoms with Gasteiger partial charge in [-0.25, -0.2) is 0 Å². The van der Waals surface area contributed by atoms with Crippen LogP contribution in [0.3, 0.4) is 0 Å². The normalized spacial score (nSPS) is 11.8. The lowest BCUT2D eigenvalue weighted by Crippen LogP contribution is -2.14. The molecule has 1 aromatic carbocycles. The van der Waals surface area contributed by atoms with Crippen molar-refractivity contribution in [2.75, 3.05) is 0 Å². The molecule has 0 amide bonds. The van der Waals surface area contributed by atoms with E-state index in [0.717, 1.165) is 12.8 Å². The second kappa shape index (κ2) is 8.24. The second-order valence-electron chi connectivity index (χ2n) is 4.52. The maximum Gasteiger partial charge on any atom is 0.311 e. The Bertz CT molecular complexity index is 405. The first-order valence-corrected chi connectivity index (χ1v) is 6.49. The first-order valence-electron chi connectivity index (χ1n) is 6.49. The van der Waals surface area contributed by atoms with E-state index >= 15 is 0 Å². The lowest BCUT2D eigenvalue weighted by atomic mass is 10.1. The predicted molar refractivity (Wildman–Crippen MR) is 71.6 cm³/mol. The number of hydrogen-bond donors (Lipinski definition) is 0. The minimum Gasteiger partial charge on any atom is -0.427 e. The average molecular weight is 265 g/mol. The van der Waals surface area contributed by atoms with Crippen LogP contribution in [0.2, 0.25) is 0 Å². The van der Waals surface area contributed by atoms with Crippen LogP contribution in [-0.2, 0) is 4.79 Å². The van der Waals surface area contributed by atoms with Crippen LogP contribution in [0.4, 0.5) is 0 Å². The summed E-state index contributed by atoms with van der Waals surface area (Å²) in [6.45, 7) is 1.60. The summed E-state index contributed by atoms with van der Waals surface area (Å²) in [7, 11) is 0. The molecule has 0 aliphatic heterocycles. The fourth-order valence-corrected chi connectivity index (χ4v) is 1.66. The minimum absolute atomic E-state index is 0.256. The lowest BCUT2D eigenvalue weighted by Gasteiger charge is -2.05. The van der Waals surface area contributed by atoms with Crippen LogP contribution >= 0.6 is 0 Å². The Morgan fingerprint density at radius 1 is 1.26 bits per heavy atom. The number of hydrogen-bond acceptors (Lipinski definition) is 4. The van der Waals surface area contributed by atoms with Crippen molar-refractivity contribution < 1.29 is 14.5 Å². The molecule has 0 N–H and O–H groups in total. The average Bonchev–Trinajstić information content (AvgIpc) is 2.39. The highest BCUT2D eigenvalue weighted by atomic mass is 16.6. The number of carbonyl (C=O) groups excluding carboxylic acids is 1. The van der Waals surface area contributed by atoms with E-state index in [1.54, 1.807) is 19.1 Å². The number of nitrogens with zero attached hydrogens (tertiary/aromatic N) is 1. The number of rotatable bonds is 8. The molecule has 1 atom stereocenters. The second-order valence-corrected chi connectivity index (χ2v) is 4.52. The quantitative estimate of drug-likeness (QED) is 0.238. The van der Waals surface area contributed by atoms with Gasteiger partial charge in [0.2, 0.25) is 6.04 Å². The molecule has 0 saturated carbocycles. The molecule has 104 valence electrons. The van der Waals surface area contributed by atoms with Crippen LogP contribution in [-0.4, -0.2) is 16.9 Å². The minimum atomic E-state index is -0.503. The Balaban J connectivity index is 2.10. The van der Waals surface area contributed by atoms with Gasteiger partial charge in [-0.05, 0) is 25.0 Å². The maximum atomic E-state index is 11.5. The molecule has 0 radical (unpaired) electrons. The van der Waals surface area contributed by atoms with Gasteiger partial charge >= 0.3 is 5.97 Å². The van der Waals surface area contributed by atoms with Gasteiger partial charge < -0.3 is 4.74 Å². The summed E-state index contributed by atoms with van der Waals surface area (Å²) < 4.78 is 5.13. The van der Waals surface area contributed by atoms with Gasteiger partial charge in [0.15, 0.2) is 0 Å².